The van der Waals surface area contributed by atoms with Gasteiger partial charge in [0.25, 0.3) is 0 Å². The highest BCUT2D eigenvalue weighted by atomic mass is 79.9. The van der Waals surface area contributed by atoms with Gasteiger partial charge in [0.2, 0.25) is 5.16 Å². The molecule has 1 heterocycles. The lowest BCUT2D eigenvalue weighted by Crippen LogP contribution is -2.16. The summed E-state index contributed by atoms with van der Waals surface area (Å²) in [6.45, 7) is 4.30. The maximum atomic E-state index is 5.53. The second-order valence-corrected chi connectivity index (χ2v) is 7.35. The van der Waals surface area contributed by atoms with Gasteiger partial charge in [-0.1, -0.05) is 36.0 Å². The molecule has 6 nitrogen and oxygen atoms in total. The molecule has 0 saturated carbocycles. The van der Waals surface area contributed by atoms with Crippen LogP contribution in [0, 0.1) is 0 Å². The predicted octanol–water partition coefficient (Wildman–Crippen LogP) is 4.13. The summed E-state index contributed by atoms with van der Waals surface area (Å²) < 4.78 is 8.27. The molecule has 0 fully saturated rings. The fraction of sp³-hybridized carbons (Fsp3) is 0.278. The molecular formula is C18H21BrClN5OS. The Morgan fingerprint density at radius 2 is 2.00 bits per heavy atom. The topological polar surface area (TPSA) is 64.9 Å². The number of para-hydroxylation sites is 1. The van der Waals surface area contributed by atoms with Gasteiger partial charge in [-0.25, -0.2) is 0 Å². The molecule has 0 bridgehead atoms. The standard InChI is InChI=1S/C18H20BrN5OS.ClH/c1-2-25-17-9-8-14(12-16(17)19)13-20-10-11-26-18-21-22-23-24(18)15-6-4-3-5-7-15;/h3-9,12,20H,2,10-11,13H2,1H3;1H. The number of tetrazole rings is 1. The summed E-state index contributed by atoms with van der Waals surface area (Å²) in [5, 5.41) is 16.2. The number of aromatic nitrogens is 4. The summed E-state index contributed by atoms with van der Waals surface area (Å²) in [4.78, 5) is 0. The van der Waals surface area contributed by atoms with E-state index in [0.717, 1.165) is 39.9 Å². The number of nitrogens with one attached hydrogen (secondary N) is 1. The van der Waals surface area contributed by atoms with Gasteiger partial charge >= 0.3 is 0 Å². The van der Waals surface area contributed by atoms with Crippen LogP contribution in [0.2, 0.25) is 0 Å². The van der Waals surface area contributed by atoms with Crippen molar-refractivity contribution in [3.8, 4) is 11.4 Å². The number of rotatable bonds is 9. The number of hydrogen-bond donors (Lipinski definition) is 1. The average Bonchev–Trinajstić information content (AvgIpc) is 3.13. The maximum Gasteiger partial charge on any atom is 0.214 e. The number of hydrogen-bond acceptors (Lipinski definition) is 6. The number of nitrogens with zero attached hydrogens (tertiary/aromatic N) is 4. The van der Waals surface area contributed by atoms with Crippen LogP contribution in [-0.4, -0.2) is 39.1 Å². The van der Waals surface area contributed by atoms with Crippen molar-refractivity contribution >= 4 is 40.1 Å². The van der Waals surface area contributed by atoms with E-state index in [1.54, 1.807) is 16.4 Å². The molecule has 1 N–H and O–H groups in total. The highest BCUT2D eigenvalue weighted by molar-refractivity contribution is 9.10. The summed E-state index contributed by atoms with van der Waals surface area (Å²) in [6.07, 6.45) is 0. The van der Waals surface area contributed by atoms with Crippen molar-refractivity contribution in [2.24, 2.45) is 0 Å². The molecule has 0 aliphatic rings. The van der Waals surface area contributed by atoms with Crippen molar-refractivity contribution in [3.05, 3.63) is 58.6 Å². The van der Waals surface area contributed by atoms with Gasteiger partial charge in [-0.05, 0) is 63.1 Å². The molecule has 0 atom stereocenters. The monoisotopic (exact) mass is 469 g/mol. The second-order valence-electron chi connectivity index (χ2n) is 5.43. The van der Waals surface area contributed by atoms with E-state index in [9.17, 15) is 0 Å². The molecule has 3 aromatic rings. The van der Waals surface area contributed by atoms with E-state index < -0.39 is 0 Å². The van der Waals surface area contributed by atoms with Crippen molar-refractivity contribution in [1.82, 2.24) is 25.5 Å². The first kappa shape index (κ1) is 21.7. The molecular weight excluding hydrogens is 450 g/mol. The molecule has 2 aromatic carbocycles. The van der Waals surface area contributed by atoms with Crippen LogP contribution in [0.5, 0.6) is 5.75 Å². The number of thioether (sulfide) groups is 1. The zero-order valence-corrected chi connectivity index (χ0v) is 18.1. The summed E-state index contributed by atoms with van der Waals surface area (Å²) >= 11 is 5.18. The van der Waals surface area contributed by atoms with Gasteiger partial charge in [0, 0.05) is 18.8 Å². The molecule has 0 amide bonds. The van der Waals surface area contributed by atoms with Crippen molar-refractivity contribution in [2.75, 3.05) is 18.9 Å². The number of halogens is 2. The molecule has 0 aliphatic carbocycles. The first-order chi connectivity index (χ1) is 12.8. The summed E-state index contributed by atoms with van der Waals surface area (Å²) in [7, 11) is 0. The Balaban J connectivity index is 0.00000261. The fourth-order valence-electron chi connectivity index (χ4n) is 2.37. The SMILES string of the molecule is CCOc1ccc(CNCCSc2nnnn2-c2ccccc2)cc1Br.Cl. The van der Waals surface area contributed by atoms with Gasteiger partial charge in [-0.2, -0.15) is 4.68 Å². The van der Waals surface area contributed by atoms with Crippen LogP contribution in [0.15, 0.2) is 58.2 Å². The Labute approximate surface area is 177 Å². The van der Waals surface area contributed by atoms with Crippen LogP contribution >= 0.6 is 40.1 Å². The summed E-state index contributed by atoms with van der Waals surface area (Å²) in [6, 6.07) is 16.1. The highest BCUT2D eigenvalue weighted by Gasteiger charge is 2.08. The Hall–Kier alpha value is -1.61. The van der Waals surface area contributed by atoms with Crippen molar-refractivity contribution in [2.45, 2.75) is 18.6 Å². The highest BCUT2D eigenvalue weighted by Crippen LogP contribution is 2.26. The van der Waals surface area contributed by atoms with Gasteiger partial charge in [0.1, 0.15) is 5.75 Å². The van der Waals surface area contributed by atoms with Crippen molar-refractivity contribution in [3.63, 3.8) is 0 Å². The molecule has 1 aromatic heterocycles. The maximum absolute atomic E-state index is 5.53. The minimum atomic E-state index is 0. The van der Waals surface area contributed by atoms with Crippen LogP contribution in [0.1, 0.15) is 12.5 Å². The number of ether oxygens (including phenoxy) is 1. The lowest BCUT2D eigenvalue weighted by Gasteiger charge is -2.09. The predicted molar refractivity (Wildman–Crippen MR) is 114 cm³/mol. The van der Waals surface area contributed by atoms with Gasteiger partial charge in [0.15, 0.2) is 0 Å². The van der Waals surface area contributed by atoms with Crippen molar-refractivity contribution in [1.29, 1.82) is 0 Å². The van der Waals surface area contributed by atoms with Crippen LogP contribution in [-0.2, 0) is 6.54 Å². The van der Waals surface area contributed by atoms with E-state index in [1.165, 1.54) is 5.56 Å². The van der Waals surface area contributed by atoms with Crippen LogP contribution < -0.4 is 10.1 Å². The molecule has 3 rings (SSSR count). The molecule has 0 unspecified atom stereocenters. The summed E-state index contributed by atoms with van der Waals surface area (Å²) in [5.74, 6) is 1.75. The van der Waals surface area contributed by atoms with Gasteiger partial charge < -0.3 is 10.1 Å². The zero-order chi connectivity index (χ0) is 18.2. The first-order valence-corrected chi connectivity index (χ1v) is 10.1. The van der Waals surface area contributed by atoms with E-state index in [4.69, 9.17) is 4.74 Å². The molecule has 0 spiro atoms. The lowest BCUT2D eigenvalue weighted by atomic mass is 10.2. The van der Waals surface area contributed by atoms with Crippen LogP contribution in [0.3, 0.4) is 0 Å². The normalized spacial score (nSPS) is 10.4. The van der Waals surface area contributed by atoms with Crippen molar-refractivity contribution < 1.29 is 4.74 Å². The third-order valence-corrected chi connectivity index (χ3v) is 5.12. The Morgan fingerprint density at radius 1 is 1.19 bits per heavy atom. The van der Waals surface area contributed by atoms with Crippen LogP contribution in [0.4, 0.5) is 0 Å². The largest absolute Gasteiger partial charge is 0.493 e. The fourth-order valence-corrected chi connectivity index (χ4v) is 3.70. The third-order valence-electron chi connectivity index (χ3n) is 3.58. The van der Waals surface area contributed by atoms with E-state index in [-0.39, 0.29) is 12.4 Å². The molecule has 0 saturated heterocycles. The quantitative estimate of drug-likeness (QED) is 0.375. The summed E-state index contributed by atoms with van der Waals surface area (Å²) in [5.41, 5.74) is 2.17. The second kappa shape index (κ2) is 11.3. The minimum absolute atomic E-state index is 0. The third kappa shape index (κ3) is 6.21. The molecule has 0 aliphatic heterocycles. The van der Waals surface area contributed by atoms with E-state index in [1.807, 2.05) is 43.3 Å². The Bertz CT molecular complexity index is 834. The Kier molecular flexibility index (Phi) is 9.06. The van der Waals surface area contributed by atoms with E-state index in [2.05, 4.69) is 48.9 Å². The minimum Gasteiger partial charge on any atom is -0.493 e. The van der Waals surface area contributed by atoms with Gasteiger partial charge in [0.05, 0.1) is 16.8 Å². The zero-order valence-electron chi connectivity index (χ0n) is 14.8. The molecule has 9 heteroatoms. The first-order valence-electron chi connectivity index (χ1n) is 8.36. The Morgan fingerprint density at radius 3 is 2.74 bits per heavy atom. The van der Waals surface area contributed by atoms with Gasteiger partial charge in [-0.3, -0.25) is 0 Å². The average molecular weight is 471 g/mol. The smallest absolute Gasteiger partial charge is 0.214 e. The molecule has 27 heavy (non-hydrogen) atoms. The van der Waals surface area contributed by atoms with Gasteiger partial charge in [-0.15, -0.1) is 17.5 Å². The lowest BCUT2D eigenvalue weighted by molar-refractivity contribution is 0.338. The number of benzene rings is 2. The van der Waals surface area contributed by atoms with E-state index in [0.29, 0.717) is 6.61 Å². The molecule has 0 radical (unpaired) electrons. The van der Waals surface area contributed by atoms with E-state index >= 15 is 0 Å². The van der Waals surface area contributed by atoms with Crippen LogP contribution in [0.25, 0.3) is 5.69 Å². The molecule has 144 valence electrons.